The number of aromatic nitrogens is 2. The van der Waals surface area contributed by atoms with Crippen molar-refractivity contribution in [3.63, 3.8) is 0 Å². The molecular weight excluding hydrogens is 288 g/mol. The number of hydrogen-bond donors (Lipinski definition) is 0. The molecule has 128 valence electrons. The van der Waals surface area contributed by atoms with Crippen LogP contribution in [0.2, 0.25) is 0 Å². The van der Waals surface area contributed by atoms with Crippen LogP contribution in [-0.2, 0) is 11.3 Å². The zero-order valence-corrected chi connectivity index (χ0v) is 14.6. The summed E-state index contributed by atoms with van der Waals surface area (Å²) in [6.07, 6.45) is 5.23. The molecule has 3 heterocycles. The van der Waals surface area contributed by atoms with Gasteiger partial charge in [0, 0.05) is 30.5 Å². The second-order valence-corrected chi connectivity index (χ2v) is 6.93. The monoisotopic (exact) mass is 318 g/mol. The Morgan fingerprint density at radius 2 is 1.83 bits per heavy atom. The third-order valence-electron chi connectivity index (χ3n) is 5.00. The Morgan fingerprint density at radius 1 is 1.09 bits per heavy atom. The molecule has 1 aromatic rings. The van der Waals surface area contributed by atoms with Crippen molar-refractivity contribution in [1.82, 2.24) is 19.8 Å². The number of piperidine rings is 1. The Balaban J connectivity index is 1.57. The average molecular weight is 318 g/mol. The van der Waals surface area contributed by atoms with E-state index in [4.69, 9.17) is 4.74 Å². The normalized spacial score (nSPS) is 24.0. The second-order valence-electron chi connectivity index (χ2n) is 6.93. The van der Waals surface area contributed by atoms with Crippen LogP contribution in [0.25, 0.3) is 0 Å². The molecule has 5 heteroatoms. The minimum atomic E-state index is 0.677. The van der Waals surface area contributed by atoms with Gasteiger partial charge in [0.05, 0.1) is 19.8 Å². The molecule has 0 N–H and O–H groups in total. The molecule has 0 unspecified atom stereocenters. The first-order chi connectivity index (χ1) is 11.2. The average Bonchev–Trinajstić information content (AvgIpc) is 2.54. The standard InChI is InChI=1S/C18H30N4O/c1-15-13-16(2)20-18(19-15)14-22-7-4-3-5-17(22)6-8-21-9-11-23-12-10-21/h13,17H,3-12,14H2,1-2H3/t17-/m1/s1. The number of morpholine rings is 1. The molecule has 0 aromatic carbocycles. The molecule has 1 aromatic heterocycles. The van der Waals surface area contributed by atoms with E-state index in [1.165, 1.54) is 38.8 Å². The first-order valence-electron chi connectivity index (χ1n) is 9.06. The number of rotatable bonds is 5. The highest BCUT2D eigenvalue weighted by atomic mass is 16.5. The fraction of sp³-hybridized carbons (Fsp3) is 0.778. The van der Waals surface area contributed by atoms with Crippen molar-refractivity contribution in [2.45, 2.75) is 52.1 Å². The molecule has 0 spiro atoms. The van der Waals surface area contributed by atoms with Gasteiger partial charge in [-0.2, -0.15) is 0 Å². The van der Waals surface area contributed by atoms with Crippen LogP contribution in [0.4, 0.5) is 0 Å². The lowest BCUT2D eigenvalue weighted by molar-refractivity contribution is 0.0300. The van der Waals surface area contributed by atoms with Gasteiger partial charge < -0.3 is 4.74 Å². The van der Waals surface area contributed by atoms with Crippen LogP contribution in [0.15, 0.2) is 6.07 Å². The van der Waals surface area contributed by atoms with Gasteiger partial charge in [0.1, 0.15) is 5.82 Å². The first kappa shape index (κ1) is 16.8. The highest BCUT2D eigenvalue weighted by molar-refractivity contribution is 5.08. The molecule has 2 aliphatic heterocycles. The molecule has 0 aliphatic carbocycles. The van der Waals surface area contributed by atoms with Crippen molar-refractivity contribution < 1.29 is 4.74 Å². The van der Waals surface area contributed by atoms with Crippen molar-refractivity contribution in [2.24, 2.45) is 0 Å². The summed E-state index contributed by atoms with van der Waals surface area (Å²) in [5, 5.41) is 0. The van der Waals surface area contributed by atoms with Gasteiger partial charge in [-0.25, -0.2) is 9.97 Å². The summed E-state index contributed by atoms with van der Waals surface area (Å²) in [4.78, 5) is 14.4. The zero-order chi connectivity index (χ0) is 16.1. The maximum Gasteiger partial charge on any atom is 0.142 e. The lowest BCUT2D eigenvalue weighted by Gasteiger charge is -2.37. The number of aryl methyl sites for hydroxylation is 2. The molecule has 2 fully saturated rings. The summed E-state index contributed by atoms with van der Waals surface area (Å²) in [5.74, 6) is 0.987. The SMILES string of the molecule is Cc1cc(C)nc(CN2CCCC[C@@H]2CCN2CCOCC2)n1. The van der Waals surface area contributed by atoms with E-state index in [2.05, 4.69) is 39.7 Å². The van der Waals surface area contributed by atoms with Gasteiger partial charge in [0.25, 0.3) is 0 Å². The van der Waals surface area contributed by atoms with Gasteiger partial charge in [0.2, 0.25) is 0 Å². The highest BCUT2D eigenvalue weighted by Gasteiger charge is 2.24. The van der Waals surface area contributed by atoms with E-state index in [1.54, 1.807) is 0 Å². The van der Waals surface area contributed by atoms with Crippen molar-refractivity contribution in [2.75, 3.05) is 39.4 Å². The maximum absolute atomic E-state index is 5.45. The minimum Gasteiger partial charge on any atom is -0.379 e. The van der Waals surface area contributed by atoms with E-state index >= 15 is 0 Å². The molecule has 23 heavy (non-hydrogen) atoms. The van der Waals surface area contributed by atoms with Crippen LogP contribution in [0, 0.1) is 13.8 Å². The van der Waals surface area contributed by atoms with Crippen LogP contribution < -0.4 is 0 Å². The summed E-state index contributed by atoms with van der Waals surface area (Å²) in [5.41, 5.74) is 2.16. The fourth-order valence-corrected chi connectivity index (χ4v) is 3.80. The van der Waals surface area contributed by atoms with Gasteiger partial charge in [0.15, 0.2) is 0 Å². The van der Waals surface area contributed by atoms with E-state index in [-0.39, 0.29) is 0 Å². The molecule has 2 saturated heterocycles. The lowest BCUT2D eigenvalue weighted by Crippen LogP contribution is -2.43. The second kappa shape index (κ2) is 8.18. The van der Waals surface area contributed by atoms with Gasteiger partial charge in [-0.05, 0) is 52.3 Å². The Kier molecular flexibility index (Phi) is 5.97. The van der Waals surface area contributed by atoms with Crippen LogP contribution in [0.1, 0.15) is 42.9 Å². The van der Waals surface area contributed by atoms with Gasteiger partial charge >= 0.3 is 0 Å². The highest BCUT2D eigenvalue weighted by Crippen LogP contribution is 2.22. The molecule has 5 nitrogen and oxygen atoms in total. The summed E-state index contributed by atoms with van der Waals surface area (Å²) >= 11 is 0. The van der Waals surface area contributed by atoms with Gasteiger partial charge in [-0.3, -0.25) is 9.80 Å². The van der Waals surface area contributed by atoms with Gasteiger partial charge in [-0.1, -0.05) is 6.42 Å². The third kappa shape index (κ3) is 4.96. The zero-order valence-electron chi connectivity index (χ0n) is 14.6. The lowest BCUT2D eigenvalue weighted by atomic mass is 9.99. The molecule has 0 saturated carbocycles. The smallest absolute Gasteiger partial charge is 0.142 e. The van der Waals surface area contributed by atoms with E-state index in [0.717, 1.165) is 50.1 Å². The predicted molar refractivity (Wildman–Crippen MR) is 91.4 cm³/mol. The Labute approximate surface area is 140 Å². The Morgan fingerprint density at radius 3 is 2.57 bits per heavy atom. The van der Waals surface area contributed by atoms with Crippen molar-refractivity contribution >= 4 is 0 Å². The number of likely N-dealkylation sites (tertiary alicyclic amines) is 1. The third-order valence-corrected chi connectivity index (χ3v) is 5.00. The van der Waals surface area contributed by atoms with Crippen molar-refractivity contribution in [3.05, 3.63) is 23.3 Å². The molecule has 1 atom stereocenters. The van der Waals surface area contributed by atoms with Gasteiger partial charge in [-0.15, -0.1) is 0 Å². The topological polar surface area (TPSA) is 41.5 Å². The van der Waals surface area contributed by atoms with Crippen LogP contribution in [-0.4, -0.2) is 65.2 Å². The predicted octanol–water partition coefficient (Wildman–Crippen LogP) is 2.17. The summed E-state index contributed by atoms with van der Waals surface area (Å²) in [7, 11) is 0. The molecule has 2 aliphatic rings. The molecular formula is C18H30N4O. The largest absolute Gasteiger partial charge is 0.379 e. The van der Waals surface area contributed by atoms with Crippen LogP contribution >= 0.6 is 0 Å². The summed E-state index contributed by atoms with van der Waals surface area (Å²) in [6, 6.07) is 2.73. The fourth-order valence-electron chi connectivity index (χ4n) is 3.80. The van der Waals surface area contributed by atoms with E-state index < -0.39 is 0 Å². The van der Waals surface area contributed by atoms with E-state index in [1.807, 2.05) is 0 Å². The van der Waals surface area contributed by atoms with Crippen LogP contribution in [0.3, 0.4) is 0 Å². The summed E-state index contributed by atoms with van der Waals surface area (Å²) in [6.45, 7) is 11.4. The minimum absolute atomic E-state index is 0.677. The number of hydrogen-bond acceptors (Lipinski definition) is 5. The van der Waals surface area contributed by atoms with Crippen molar-refractivity contribution in [3.8, 4) is 0 Å². The van der Waals surface area contributed by atoms with E-state index in [0.29, 0.717) is 6.04 Å². The molecule has 0 radical (unpaired) electrons. The Bertz CT molecular complexity index is 482. The molecule has 3 rings (SSSR count). The number of ether oxygens (including phenoxy) is 1. The maximum atomic E-state index is 5.45. The van der Waals surface area contributed by atoms with Crippen molar-refractivity contribution in [1.29, 1.82) is 0 Å². The van der Waals surface area contributed by atoms with E-state index in [9.17, 15) is 0 Å². The van der Waals surface area contributed by atoms with Crippen LogP contribution in [0.5, 0.6) is 0 Å². The number of nitrogens with zero attached hydrogens (tertiary/aromatic N) is 4. The quantitative estimate of drug-likeness (QED) is 0.832. The molecule has 0 amide bonds. The summed E-state index contributed by atoms with van der Waals surface area (Å²) < 4.78 is 5.45. The molecule has 0 bridgehead atoms. The Hall–Kier alpha value is -1.04. The first-order valence-corrected chi connectivity index (χ1v) is 9.06.